The van der Waals surface area contributed by atoms with E-state index in [0.717, 1.165) is 16.7 Å². The van der Waals surface area contributed by atoms with E-state index >= 15 is 0 Å². The molecule has 22 heavy (non-hydrogen) atoms. The summed E-state index contributed by atoms with van der Waals surface area (Å²) in [5.74, 6) is 0.982. The van der Waals surface area contributed by atoms with Crippen LogP contribution < -0.4 is 4.74 Å². The number of benzene rings is 2. The molecule has 108 valence electrons. The molecule has 0 atom stereocenters. The summed E-state index contributed by atoms with van der Waals surface area (Å²) in [5, 5.41) is 5.18. The molecule has 0 spiro atoms. The normalized spacial score (nSPS) is 11.2. The van der Waals surface area contributed by atoms with Crippen LogP contribution in [0.15, 0.2) is 48.8 Å². The van der Waals surface area contributed by atoms with Crippen LogP contribution in [-0.2, 0) is 0 Å². The van der Waals surface area contributed by atoms with Crippen molar-refractivity contribution in [2.24, 2.45) is 0 Å². The molecule has 0 bridgehead atoms. The number of fused-ring (bicyclic) bond motifs is 3. The first kappa shape index (κ1) is 12.7. The third-order valence-corrected chi connectivity index (χ3v) is 3.47. The summed E-state index contributed by atoms with van der Waals surface area (Å²) in [6.07, 6.45) is 1.54. The van der Waals surface area contributed by atoms with Crippen LogP contribution in [0, 0.1) is 5.82 Å². The maximum Gasteiger partial charge on any atom is 0.182 e. The van der Waals surface area contributed by atoms with Gasteiger partial charge >= 0.3 is 0 Å². The number of halogens is 1. The van der Waals surface area contributed by atoms with Crippen molar-refractivity contribution >= 4 is 16.6 Å². The molecule has 0 aliphatic heterocycles. The fourth-order valence-corrected chi connectivity index (χ4v) is 2.39. The van der Waals surface area contributed by atoms with Crippen molar-refractivity contribution in [1.29, 1.82) is 0 Å². The molecular formula is C16H11FN4O. The monoisotopic (exact) mass is 294 g/mol. The molecule has 0 aliphatic rings. The van der Waals surface area contributed by atoms with E-state index in [2.05, 4.69) is 15.1 Å². The zero-order chi connectivity index (χ0) is 15.1. The summed E-state index contributed by atoms with van der Waals surface area (Å²) in [7, 11) is 1.61. The molecule has 6 heteroatoms. The van der Waals surface area contributed by atoms with Gasteiger partial charge in [0.2, 0.25) is 0 Å². The standard InChI is InChI=1S/C16H11FN4O/c1-22-12-4-2-3-10(7-12)15-19-16-13-6-5-11(17)8-14(13)18-9-21(16)20-15/h2-9H,1H3. The summed E-state index contributed by atoms with van der Waals surface area (Å²) < 4.78 is 20.1. The van der Waals surface area contributed by atoms with Crippen molar-refractivity contribution < 1.29 is 9.13 Å². The number of hydrogen-bond acceptors (Lipinski definition) is 4. The number of ether oxygens (including phenoxy) is 1. The Balaban J connectivity index is 1.95. The first-order valence-corrected chi connectivity index (χ1v) is 6.70. The summed E-state index contributed by atoms with van der Waals surface area (Å²) >= 11 is 0. The smallest absolute Gasteiger partial charge is 0.182 e. The zero-order valence-corrected chi connectivity index (χ0v) is 11.7. The van der Waals surface area contributed by atoms with Gasteiger partial charge in [-0.15, -0.1) is 5.10 Å². The summed E-state index contributed by atoms with van der Waals surface area (Å²) in [6.45, 7) is 0. The van der Waals surface area contributed by atoms with Crippen molar-refractivity contribution in [2.75, 3.05) is 7.11 Å². The second kappa shape index (κ2) is 4.77. The molecule has 2 aromatic heterocycles. The molecule has 0 amide bonds. The maximum absolute atomic E-state index is 13.3. The lowest BCUT2D eigenvalue weighted by molar-refractivity contribution is 0.415. The van der Waals surface area contributed by atoms with Crippen molar-refractivity contribution in [3.8, 4) is 17.1 Å². The molecule has 0 aliphatic carbocycles. The minimum atomic E-state index is -0.322. The van der Waals surface area contributed by atoms with E-state index in [-0.39, 0.29) is 5.82 Å². The topological polar surface area (TPSA) is 52.3 Å². The fourth-order valence-electron chi connectivity index (χ4n) is 2.39. The molecular weight excluding hydrogens is 283 g/mol. The van der Waals surface area contributed by atoms with Crippen molar-refractivity contribution in [3.63, 3.8) is 0 Å². The van der Waals surface area contributed by atoms with Gasteiger partial charge < -0.3 is 4.74 Å². The molecule has 0 unspecified atom stereocenters. The number of methoxy groups -OCH3 is 1. The predicted molar refractivity (Wildman–Crippen MR) is 80.2 cm³/mol. The van der Waals surface area contributed by atoms with Crippen LogP contribution >= 0.6 is 0 Å². The molecule has 0 saturated heterocycles. The van der Waals surface area contributed by atoms with Crippen LogP contribution in [0.2, 0.25) is 0 Å². The quantitative estimate of drug-likeness (QED) is 0.570. The van der Waals surface area contributed by atoms with E-state index in [0.29, 0.717) is 17.0 Å². The van der Waals surface area contributed by atoms with Crippen LogP contribution in [0.1, 0.15) is 0 Å². The minimum Gasteiger partial charge on any atom is -0.497 e. The highest BCUT2D eigenvalue weighted by Gasteiger charge is 2.11. The maximum atomic E-state index is 13.3. The Kier molecular flexibility index (Phi) is 2.75. The van der Waals surface area contributed by atoms with Crippen LogP contribution in [0.3, 0.4) is 0 Å². The van der Waals surface area contributed by atoms with Gasteiger partial charge in [-0.25, -0.2) is 18.9 Å². The summed E-state index contributed by atoms with van der Waals surface area (Å²) in [6, 6.07) is 12.0. The van der Waals surface area contributed by atoms with E-state index in [1.807, 2.05) is 24.3 Å². The largest absolute Gasteiger partial charge is 0.497 e. The minimum absolute atomic E-state index is 0.322. The summed E-state index contributed by atoms with van der Waals surface area (Å²) in [5.41, 5.74) is 2.04. The Morgan fingerprint density at radius 3 is 2.91 bits per heavy atom. The van der Waals surface area contributed by atoms with Gasteiger partial charge in [-0.3, -0.25) is 0 Å². The lowest BCUT2D eigenvalue weighted by Crippen LogP contribution is -1.91. The van der Waals surface area contributed by atoms with E-state index in [9.17, 15) is 4.39 Å². The van der Waals surface area contributed by atoms with Gasteiger partial charge in [-0.1, -0.05) is 12.1 Å². The predicted octanol–water partition coefficient (Wildman–Crippen LogP) is 3.09. The van der Waals surface area contributed by atoms with Gasteiger partial charge in [0.1, 0.15) is 17.9 Å². The second-order valence-electron chi connectivity index (χ2n) is 4.84. The Hall–Kier alpha value is -3.02. The molecule has 2 aromatic carbocycles. The van der Waals surface area contributed by atoms with Gasteiger partial charge in [0.25, 0.3) is 0 Å². The van der Waals surface area contributed by atoms with Crippen LogP contribution in [-0.4, -0.2) is 26.7 Å². The fraction of sp³-hybridized carbons (Fsp3) is 0.0625. The average molecular weight is 294 g/mol. The van der Waals surface area contributed by atoms with Gasteiger partial charge in [0.05, 0.1) is 12.6 Å². The first-order valence-electron chi connectivity index (χ1n) is 6.70. The lowest BCUT2D eigenvalue weighted by Gasteiger charge is -2.00. The third kappa shape index (κ3) is 1.96. The highest BCUT2D eigenvalue weighted by atomic mass is 19.1. The third-order valence-electron chi connectivity index (χ3n) is 3.47. The van der Waals surface area contributed by atoms with Crippen molar-refractivity contribution in [1.82, 2.24) is 19.6 Å². The Morgan fingerprint density at radius 1 is 1.14 bits per heavy atom. The van der Waals surface area contributed by atoms with Crippen LogP contribution in [0.25, 0.3) is 27.9 Å². The molecule has 4 aromatic rings. The molecule has 0 saturated carbocycles. The molecule has 0 N–H and O–H groups in total. The highest BCUT2D eigenvalue weighted by molar-refractivity contribution is 5.91. The van der Waals surface area contributed by atoms with Crippen molar-refractivity contribution in [3.05, 3.63) is 54.6 Å². The molecule has 0 fully saturated rings. The molecule has 2 heterocycles. The van der Waals surface area contributed by atoms with Gasteiger partial charge in [-0.05, 0) is 24.3 Å². The van der Waals surface area contributed by atoms with E-state index in [1.165, 1.54) is 18.5 Å². The van der Waals surface area contributed by atoms with E-state index in [4.69, 9.17) is 4.74 Å². The summed E-state index contributed by atoms with van der Waals surface area (Å²) in [4.78, 5) is 8.76. The van der Waals surface area contributed by atoms with Crippen LogP contribution in [0.5, 0.6) is 5.75 Å². The van der Waals surface area contributed by atoms with Gasteiger partial charge in [0, 0.05) is 17.0 Å². The number of hydrogen-bond donors (Lipinski definition) is 0. The second-order valence-corrected chi connectivity index (χ2v) is 4.84. The Labute approximate surface area is 125 Å². The van der Waals surface area contributed by atoms with Crippen molar-refractivity contribution in [2.45, 2.75) is 0 Å². The number of nitrogens with zero attached hydrogens (tertiary/aromatic N) is 4. The van der Waals surface area contributed by atoms with Gasteiger partial charge in [0.15, 0.2) is 11.5 Å². The average Bonchev–Trinajstić information content (AvgIpc) is 2.99. The van der Waals surface area contributed by atoms with E-state index in [1.54, 1.807) is 17.7 Å². The van der Waals surface area contributed by atoms with E-state index < -0.39 is 0 Å². The molecule has 0 radical (unpaired) electrons. The molecule has 5 nitrogen and oxygen atoms in total. The van der Waals surface area contributed by atoms with Gasteiger partial charge in [-0.2, -0.15) is 0 Å². The lowest BCUT2D eigenvalue weighted by atomic mass is 10.2. The first-order chi connectivity index (χ1) is 10.7. The Morgan fingerprint density at radius 2 is 2.05 bits per heavy atom. The Bertz CT molecular complexity index is 996. The zero-order valence-electron chi connectivity index (χ0n) is 11.7. The highest BCUT2D eigenvalue weighted by Crippen LogP contribution is 2.24. The number of aromatic nitrogens is 4. The SMILES string of the molecule is COc1cccc(-c2nc3c4ccc(F)cc4ncn3n2)c1. The number of rotatable bonds is 2. The molecule has 4 rings (SSSR count). The van der Waals surface area contributed by atoms with Crippen LogP contribution in [0.4, 0.5) is 4.39 Å².